The van der Waals surface area contributed by atoms with Gasteiger partial charge in [0.15, 0.2) is 0 Å². The van der Waals surface area contributed by atoms with E-state index in [1.54, 1.807) is 6.07 Å². The van der Waals surface area contributed by atoms with Crippen molar-refractivity contribution in [2.24, 2.45) is 0 Å². The van der Waals surface area contributed by atoms with Gasteiger partial charge in [0.2, 0.25) is 0 Å². The number of hydrogen-bond donors (Lipinski definition) is 1. The molecule has 2 aromatic rings. The largest absolute Gasteiger partial charge is 0.506 e. The molecule has 3 rings (SSSR count). The average Bonchev–Trinajstić information content (AvgIpc) is 3.12. The maximum absolute atomic E-state index is 9.94. The maximum Gasteiger partial charge on any atom is 0.138 e. The van der Waals surface area contributed by atoms with E-state index < -0.39 is 0 Å². The third-order valence-corrected chi connectivity index (χ3v) is 3.07. The van der Waals surface area contributed by atoms with Gasteiger partial charge in [-0.05, 0) is 44.0 Å². The molecule has 1 aromatic heterocycles. The van der Waals surface area contributed by atoms with Crippen LogP contribution in [0, 0.1) is 0 Å². The van der Waals surface area contributed by atoms with Gasteiger partial charge in [-0.1, -0.05) is 0 Å². The molecule has 0 radical (unpaired) electrons. The van der Waals surface area contributed by atoms with Crippen LogP contribution >= 0.6 is 0 Å². The molecule has 0 spiro atoms. The highest BCUT2D eigenvalue weighted by Crippen LogP contribution is 2.43. The van der Waals surface area contributed by atoms with Crippen molar-refractivity contribution in [1.29, 1.82) is 0 Å². The van der Waals surface area contributed by atoms with Crippen molar-refractivity contribution >= 4 is 10.9 Å². The molecule has 0 amide bonds. The molecule has 3 heteroatoms. The first-order chi connectivity index (χ1) is 8.28. The van der Waals surface area contributed by atoms with Crippen molar-refractivity contribution in [3.05, 3.63) is 30.0 Å². The third kappa shape index (κ3) is 1.93. The molecule has 1 aromatic carbocycles. The molecule has 1 heterocycles. The Bertz CT molecular complexity index is 561. The Morgan fingerprint density at radius 1 is 1.35 bits per heavy atom. The molecule has 1 saturated carbocycles. The molecule has 3 nitrogen and oxygen atoms in total. The quantitative estimate of drug-likeness (QED) is 0.878. The normalized spacial score (nSPS) is 15.1. The lowest BCUT2D eigenvalue weighted by Gasteiger charge is -2.07. The van der Waals surface area contributed by atoms with Crippen molar-refractivity contribution in [2.75, 3.05) is 6.61 Å². The first-order valence-electron chi connectivity index (χ1n) is 6.04. The van der Waals surface area contributed by atoms with E-state index in [1.807, 2.05) is 25.1 Å². The summed E-state index contributed by atoms with van der Waals surface area (Å²) in [5.74, 6) is 1.60. The molecule has 88 valence electrons. The monoisotopic (exact) mass is 229 g/mol. The molecule has 1 fully saturated rings. The maximum atomic E-state index is 9.94. The van der Waals surface area contributed by atoms with Crippen LogP contribution in [-0.4, -0.2) is 16.7 Å². The Labute approximate surface area is 100 Å². The number of aromatic nitrogens is 1. The Hall–Kier alpha value is -1.77. The molecule has 0 bridgehead atoms. The van der Waals surface area contributed by atoms with Crippen LogP contribution in [-0.2, 0) is 0 Å². The van der Waals surface area contributed by atoms with Crippen LogP contribution in [0.1, 0.15) is 31.4 Å². The van der Waals surface area contributed by atoms with Crippen LogP contribution in [0.3, 0.4) is 0 Å². The fourth-order valence-corrected chi connectivity index (χ4v) is 2.07. The second-order valence-electron chi connectivity index (χ2n) is 4.45. The Balaban J connectivity index is 2.08. The number of nitrogens with zero attached hydrogens (tertiary/aromatic N) is 1. The minimum absolute atomic E-state index is 0.314. The van der Waals surface area contributed by atoms with E-state index in [0.29, 0.717) is 18.3 Å². The van der Waals surface area contributed by atoms with Crippen LogP contribution in [0.25, 0.3) is 10.9 Å². The predicted octanol–water partition coefficient (Wildman–Crippen LogP) is 3.22. The molecule has 1 N–H and O–H groups in total. The zero-order valence-corrected chi connectivity index (χ0v) is 9.81. The smallest absolute Gasteiger partial charge is 0.138 e. The number of pyridine rings is 1. The molecule has 1 aliphatic carbocycles. The van der Waals surface area contributed by atoms with E-state index in [9.17, 15) is 5.11 Å². The number of hydrogen-bond acceptors (Lipinski definition) is 3. The first-order valence-corrected chi connectivity index (χ1v) is 6.04. The van der Waals surface area contributed by atoms with Gasteiger partial charge in [0.1, 0.15) is 11.5 Å². The van der Waals surface area contributed by atoms with E-state index in [1.165, 1.54) is 0 Å². The van der Waals surface area contributed by atoms with Crippen LogP contribution in [0.4, 0.5) is 0 Å². The second kappa shape index (κ2) is 3.91. The van der Waals surface area contributed by atoms with Gasteiger partial charge in [0, 0.05) is 11.3 Å². The predicted molar refractivity (Wildman–Crippen MR) is 66.6 cm³/mol. The summed E-state index contributed by atoms with van der Waals surface area (Å²) in [6.45, 7) is 2.60. The van der Waals surface area contributed by atoms with Crippen LogP contribution in [0.2, 0.25) is 0 Å². The van der Waals surface area contributed by atoms with Gasteiger partial charge in [0.05, 0.1) is 17.8 Å². The van der Waals surface area contributed by atoms with Crippen molar-refractivity contribution in [1.82, 2.24) is 4.98 Å². The lowest BCUT2D eigenvalue weighted by atomic mass is 10.1. The summed E-state index contributed by atoms with van der Waals surface area (Å²) >= 11 is 0. The van der Waals surface area contributed by atoms with Crippen LogP contribution in [0.15, 0.2) is 24.3 Å². The molecule has 1 aliphatic rings. The van der Waals surface area contributed by atoms with E-state index in [-0.39, 0.29) is 0 Å². The minimum Gasteiger partial charge on any atom is -0.506 e. The summed E-state index contributed by atoms with van der Waals surface area (Å²) in [5, 5.41) is 10.9. The van der Waals surface area contributed by atoms with Crippen molar-refractivity contribution in [2.45, 2.75) is 25.7 Å². The SMILES string of the molecule is CCOc1ccc2nc(C3CC3)c(O)cc2c1. The Morgan fingerprint density at radius 2 is 2.18 bits per heavy atom. The molecule has 0 aliphatic heterocycles. The number of benzene rings is 1. The van der Waals surface area contributed by atoms with E-state index in [0.717, 1.165) is 35.2 Å². The Kier molecular flexibility index (Phi) is 2.39. The highest BCUT2D eigenvalue weighted by atomic mass is 16.5. The molecule has 0 atom stereocenters. The van der Waals surface area contributed by atoms with Gasteiger partial charge < -0.3 is 9.84 Å². The fourth-order valence-electron chi connectivity index (χ4n) is 2.07. The summed E-state index contributed by atoms with van der Waals surface area (Å²) in [4.78, 5) is 4.53. The molecule has 0 saturated heterocycles. The Morgan fingerprint density at radius 3 is 2.88 bits per heavy atom. The highest BCUT2D eigenvalue weighted by molar-refractivity contribution is 5.82. The standard InChI is InChI=1S/C14H15NO2/c1-2-17-11-5-6-12-10(7-11)8-13(16)14(15-12)9-3-4-9/h5-9,16H,2-4H2,1H3. The van der Waals surface area contributed by atoms with Gasteiger partial charge in [-0.3, -0.25) is 0 Å². The van der Waals surface area contributed by atoms with Gasteiger partial charge in [-0.25, -0.2) is 4.98 Å². The van der Waals surface area contributed by atoms with Crippen molar-refractivity contribution in [3.63, 3.8) is 0 Å². The minimum atomic E-state index is 0.314. The zero-order valence-electron chi connectivity index (χ0n) is 9.81. The molecule has 0 unspecified atom stereocenters. The van der Waals surface area contributed by atoms with Crippen molar-refractivity contribution in [3.8, 4) is 11.5 Å². The molecular formula is C14H15NO2. The lowest BCUT2D eigenvalue weighted by Crippen LogP contribution is -1.93. The number of aromatic hydroxyl groups is 1. The number of fused-ring (bicyclic) bond motifs is 1. The lowest BCUT2D eigenvalue weighted by molar-refractivity contribution is 0.340. The van der Waals surface area contributed by atoms with Gasteiger partial charge in [0.25, 0.3) is 0 Å². The second-order valence-corrected chi connectivity index (χ2v) is 4.45. The number of rotatable bonds is 3. The topological polar surface area (TPSA) is 42.4 Å². The van der Waals surface area contributed by atoms with Crippen LogP contribution < -0.4 is 4.74 Å². The zero-order chi connectivity index (χ0) is 11.8. The highest BCUT2D eigenvalue weighted by Gasteiger charge is 2.28. The number of ether oxygens (including phenoxy) is 1. The molecular weight excluding hydrogens is 214 g/mol. The summed E-state index contributed by atoms with van der Waals surface area (Å²) in [5.41, 5.74) is 1.77. The van der Waals surface area contributed by atoms with Crippen LogP contribution in [0.5, 0.6) is 11.5 Å². The van der Waals surface area contributed by atoms with E-state index in [4.69, 9.17) is 4.74 Å². The first kappa shape index (κ1) is 10.4. The van der Waals surface area contributed by atoms with Gasteiger partial charge >= 0.3 is 0 Å². The molecule has 17 heavy (non-hydrogen) atoms. The third-order valence-electron chi connectivity index (χ3n) is 3.07. The summed E-state index contributed by atoms with van der Waals surface area (Å²) in [7, 11) is 0. The average molecular weight is 229 g/mol. The fraction of sp³-hybridized carbons (Fsp3) is 0.357. The van der Waals surface area contributed by atoms with Crippen molar-refractivity contribution < 1.29 is 9.84 Å². The summed E-state index contributed by atoms with van der Waals surface area (Å²) in [6.07, 6.45) is 2.28. The van der Waals surface area contributed by atoms with E-state index in [2.05, 4.69) is 4.98 Å². The van der Waals surface area contributed by atoms with Gasteiger partial charge in [-0.2, -0.15) is 0 Å². The summed E-state index contributed by atoms with van der Waals surface area (Å²) < 4.78 is 5.43. The van der Waals surface area contributed by atoms with E-state index >= 15 is 0 Å². The summed E-state index contributed by atoms with van der Waals surface area (Å²) in [6, 6.07) is 7.58. The van der Waals surface area contributed by atoms with Gasteiger partial charge in [-0.15, -0.1) is 0 Å².